The number of allylic oxidation sites excluding steroid dienone is 20. The number of carbonyl (C=O) groups excluding carboxylic acids is 3. The van der Waals surface area contributed by atoms with Gasteiger partial charge in [-0.3, -0.25) is 14.4 Å². The summed E-state index contributed by atoms with van der Waals surface area (Å²) in [5.74, 6) is -0.929. The SMILES string of the molecule is CC/C=C\C/C=C\C/C=C\C/C=C\C/C=C\C/C=C\C/C=C\C/C=C\C/C=C\CCCCCC(=O)OCC(COC(=O)CCCCCCCCCCCCCCCC)OC(=O)CCCCCCC/C=C\CCCCCCC. The van der Waals surface area contributed by atoms with Gasteiger partial charge < -0.3 is 14.2 Å². The third-order valence-electron chi connectivity index (χ3n) is 13.5. The average molecular weight is 1070 g/mol. The van der Waals surface area contributed by atoms with Gasteiger partial charge in [-0.05, 0) is 116 Å². The molecule has 0 spiro atoms. The summed E-state index contributed by atoms with van der Waals surface area (Å²) in [6.45, 7) is 6.50. The molecule has 0 aromatic heterocycles. The standard InChI is InChI=1S/C71H118O6/c1-4-7-10-13-16-19-22-25-28-29-30-31-32-33-34-35-36-37-38-39-40-41-42-43-44-47-49-52-55-58-61-64-70(73)76-67-68(77-71(74)65-62-59-56-53-50-46-27-24-21-18-15-12-9-6-3)66-75-69(72)63-60-57-54-51-48-45-26-23-20-17-14-11-8-5-2/h7,10,16,19,24-25,27-28,30-31,33-34,36-37,39-40,42-43,47,49,68H,4-6,8-9,11-15,17-18,20-23,26,29,32,35,38,41,44-46,48,50-67H2,1-3H3/b10-7-,19-16-,27-24-,28-25-,31-30-,34-33-,37-36-,40-39-,43-42-,49-47-. The molecular formula is C71H118O6. The highest BCUT2D eigenvalue weighted by Crippen LogP contribution is 2.15. The Morgan fingerprint density at radius 2 is 0.506 bits per heavy atom. The lowest BCUT2D eigenvalue weighted by molar-refractivity contribution is -0.167. The highest BCUT2D eigenvalue weighted by Gasteiger charge is 2.19. The van der Waals surface area contributed by atoms with Crippen molar-refractivity contribution in [2.45, 2.75) is 297 Å². The van der Waals surface area contributed by atoms with E-state index >= 15 is 0 Å². The van der Waals surface area contributed by atoms with Crippen LogP contribution in [0.2, 0.25) is 0 Å². The minimum atomic E-state index is -0.797. The van der Waals surface area contributed by atoms with Crippen LogP contribution in [-0.2, 0) is 28.6 Å². The lowest BCUT2D eigenvalue weighted by Crippen LogP contribution is -2.30. The van der Waals surface area contributed by atoms with Crippen LogP contribution in [0.1, 0.15) is 290 Å². The third-order valence-corrected chi connectivity index (χ3v) is 13.5. The summed E-state index contributed by atoms with van der Waals surface area (Å²) in [4.78, 5) is 38.2. The molecule has 1 atom stereocenters. The van der Waals surface area contributed by atoms with Gasteiger partial charge in [-0.15, -0.1) is 0 Å². The van der Waals surface area contributed by atoms with Gasteiger partial charge >= 0.3 is 17.9 Å². The molecule has 0 saturated carbocycles. The molecule has 6 heteroatoms. The van der Waals surface area contributed by atoms with Crippen molar-refractivity contribution in [1.82, 2.24) is 0 Å². The number of unbranched alkanes of at least 4 members (excludes halogenated alkanes) is 26. The summed E-state index contributed by atoms with van der Waals surface area (Å²) in [5.41, 5.74) is 0. The van der Waals surface area contributed by atoms with Crippen molar-refractivity contribution in [3.05, 3.63) is 122 Å². The summed E-state index contributed by atoms with van der Waals surface area (Å²) in [5, 5.41) is 0. The zero-order valence-electron chi connectivity index (χ0n) is 50.2. The molecule has 0 fully saturated rings. The Labute approximate surface area is 475 Å². The molecule has 0 aromatic carbocycles. The summed E-state index contributed by atoms with van der Waals surface area (Å²) in [6, 6.07) is 0. The van der Waals surface area contributed by atoms with Crippen molar-refractivity contribution in [2.75, 3.05) is 13.2 Å². The lowest BCUT2D eigenvalue weighted by atomic mass is 10.0. The van der Waals surface area contributed by atoms with E-state index in [-0.39, 0.29) is 31.1 Å². The quantitative estimate of drug-likeness (QED) is 0.0261. The predicted molar refractivity (Wildman–Crippen MR) is 334 cm³/mol. The molecule has 77 heavy (non-hydrogen) atoms. The lowest BCUT2D eigenvalue weighted by Gasteiger charge is -2.18. The van der Waals surface area contributed by atoms with Crippen LogP contribution in [0.5, 0.6) is 0 Å². The smallest absolute Gasteiger partial charge is 0.306 e. The molecule has 0 heterocycles. The first-order chi connectivity index (χ1) is 38.0. The molecule has 0 aliphatic carbocycles. The monoisotopic (exact) mass is 1070 g/mol. The van der Waals surface area contributed by atoms with Crippen LogP contribution in [-0.4, -0.2) is 37.2 Å². The van der Waals surface area contributed by atoms with E-state index in [1.54, 1.807) is 0 Å². The second-order valence-corrected chi connectivity index (χ2v) is 20.9. The zero-order valence-corrected chi connectivity index (χ0v) is 50.2. The molecule has 0 aliphatic heterocycles. The summed E-state index contributed by atoms with van der Waals surface area (Å²) < 4.78 is 16.9. The molecule has 0 aromatic rings. The molecule has 1 unspecified atom stereocenters. The highest BCUT2D eigenvalue weighted by atomic mass is 16.6. The van der Waals surface area contributed by atoms with Crippen molar-refractivity contribution in [3.8, 4) is 0 Å². The number of esters is 3. The molecule has 6 nitrogen and oxygen atoms in total. The molecule has 438 valence electrons. The fourth-order valence-corrected chi connectivity index (χ4v) is 8.67. The Morgan fingerprint density at radius 1 is 0.273 bits per heavy atom. The van der Waals surface area contributed by atoms with E-state index in [9.17, 15) is 14.4 Å². The number of hydrogen-bond acceptors (Lipinski definition) is 6. The first-order valence-corrected chi connectivity index (χ1v) is 32.0. The Kier molecular flexibility index (Phi) is 60.8. The van der Waals surface area contributed by atoms with Gasteiger partial charge in [0.25, 0.3) is 0 Å². The van der Waals surface area contributed by atoms with Gasteiger partial charge in [-0.2, -0.15) is 0 Å². The zero-order chi connectivity index (χ0) is 55.7. The fraction of sp³-hybridized carbons (Fsp3) is 0.676. The van der Waals surface area contributed by atoms with E-state index in [0.717, 1.165) is 135 Å². The molecule has 0 bridgehead atoms. The number of hydrogen-bond donors (Lipinski definition) is 0. The van der Waals surface area contributed by atoms with Gasteiger partial charge in [0.2, 0.25) is 0 Å². The van der Waals surface area contributed by atoms with Crippen molar-refractivity contribution in [2.24, 2.45) is 0 Å². The van der Waals surface area contributed by atoms with Crippen LogP contribution >= 0.6 is 0 Å². The maximum Gasteiger partial charge on any atom is 0.306 e. The van der Waals surface area contributed by atoms with Gasteiger partial charge in [0, 0.05) is 19.3 Å². The van der Waals surface area contributed by atoms with E-state index in [1.165, 1.54) is 116 Å². The predicted octanol–water partition coefficient (Wildman–Crippen LogP) is 22.0. The Balaban J connectivity index is 4.36. The van der Waals surface area contributed by atoms with Crippen LogP contribution in [0, 0.1) is 0 Å². The molecular weight excluding hydrogens is 949 g/mol. The molecule has 0 aliphatic rings. The minimum Gasteiger partial charge on any atom is -0.462 e. The van der Waals surface area contributed by atoms with Crippen LogP contribution in [0.4, 0.5) is 0 Å². The maximum atomic E-state index is 12.9. The maximum absolute atomic E-state index is 12.9. The third kappa shape index (κ3) is 62.5. The molecule has 0 N–H and O–H groups in total. The number of rotatable bonds is 57. The van der Waals surface area contributed by atoms with Gasteiger partial charge in [-0.25, -0.2) is 0 Å². The van der Waals surface area contributed by atoms with Gasteiger partial charge in [0.15, 0.2) is 6.10 Å². The Morgan fingerprint density at radius 3 is 0.818 bits per heavy atom. The molecule has 0 radical (unpaired) electrons. The van der Waals surface area contributed by atoms with Crippen LogP contribution in [0.25, 0.3) is 0 Å². The number of carbonyl (C=O) groups is 3. The van der Waals surface area contributed by atoms with E-state index in [2.05, 4.69) is 142 Å². The Bertz CT molecular complexity index is 1600. The van der Waals surface area contributed by atoms with E-state index in [4.69, 9.17) is 14.2 Å². The van der Waals surface area contributed by atoms with Crippen LogP contribution < -0.4 is 0 Å². The van der Waals surface area contributed by atoms with E-state index in [0.29, 0.717) is 19.3 Å². The van der Waals surface area contributed by atoms with E-state index < -0.39 is 6.10 Å². The first-order valence-electron chi connectivity index (χ1n) is 32.0. The summed E-state index contributed by atoms with van der Waals surface area (Å²) in [6.07, 6.45) is 89.2. The average Bonchev–Trinajstić information content (AvgIpc) is 3.43. The van der Waals surface area contributed by atoms with Gasteiger partial charge in [0.1, 0.15) is 13.2 Å². The van der Waals surface area contributed by atoms with Crippen molar-refractivity contribution >= 4 is 17.9 Å². The largest absolute Gasteiger partial charge is 0.462 e. The van der Waals surface area contributed by atoms with Crippen LogP contribution in [0.3, 0.4) is 0 Å². The summed E-state index contributed by atoms with van der Waals surface area (Å²) >= 11 is 0. The fourth-order valence-electron chi connectivity index (χ4n) is 8.67. The van der Waals surface area contributed by atoms with E-state index in [1.807, 2.05) is 0 Å². The minimum absolute atomic E-state index is 0.0913. The van der Waals surface area contributed by atoms with Crippen LogP contribution in [0.15, 0.2) is 122 Å². The topological polar surface area (TPSA) is 78.9 Å². The van der Waals surface area contributed by atoms with Crippen molar-refractivity contribution in [3.63, 3.8) is 0 Å². The van der Waals surface area contributed by atoms with Gasteiger partial charge in [-0.1, -0.05) is 277 Å². The second kappa shape index (κ2) is 64.3. The van der Waals surface area contributed by atoms with Crippen molar-refractivity contribution < 1.29 is 28.6 Å². The second-order valence-electron chi connectivity index (χ2n) is 20.9. The van der Waals surface area contributed by atoms with Crippen molar-refractivity contribution in [1.29, 1.82) is 0 Å². The number of ether oxygens (including phenoxy) is 3. The first kappa shape index (κ1) is 72.8. The molecule has 0 rings (SSSR count). The molecule has 0 saturated heterocycles. The Hall–Kier alpha value is -4.19. The van der Waals surface area contributed by atoms with Gasteiger partial charge in [0.05, 0.1) is 0 Å². The molecule has 0 amide bonds. The highest BCUT2D eigenvalue weighted by molar-refractivity contribution is 5.71. The summed E-state index contributed by atoms with van der Waals surface area (Å²) in [7, 11) is 0. The normalized spacial score (nSPS) is 12.9.